The first-order valence-electron chi connectivity index (χ1n) is 13.9. The lowest BCUT2D eigenvalue weighted by atomic mass is 9.96. The van der Waals surface area contributed by atoms with E-state index in [1.54, 1.807) is 35.0 Å². The number of amides is 1. The molecule has 5 aromatic rings. The smallest absolute Gasteiger partial charge is 0.416 e. The number of hydrogen-bond acceptors (Lipinski definition) is 2. The summed E-state index contributed by atoms with van der Waals surface area (Å²) in [5, 5.41) is 12.8. The molecule has 1 saturated carbocycles. The van der Waals surface area contributed by atoms with Crippen LogP contribution in [0.25, 0.3) is 22.0 Å². The van der Waals surface area contributed by atoms with Crippen molar-refractivity contribution in [2.75, 3.05) is 0 Å². The number of carbonyl (C=O) groups excluding carboxylic acids is 1. The van der Waals surface area contributed by atoms with E-state index in [-0.39, 0.29) is 23.2 Å². The highest BCUT2D eigenvalue weighted by Crippen LogP contribution is 2.46. The lowest BCUT2D eigenvalue weighted by molar-refractivity contribution is -0.138. The van der Waals surface area contributed by atoms with E-state index in [1.807, 2.05) is 0 Å². The molecule has 2 N–H and O–H groups in total. The summed E-state index contributed by atoms with van der Waals surface area (Å²) in [5.41, 5.74) is 0.372. The van der Waals surface area contributed by atoms with Gasteiger partial charge < -0.3 is 15.0 Å². The number of carbonyl (C=O) groups is 2. The molecule has 0 saturated heterocycles. The van der Waals surface area contributed by atoms with Crippen LogP contribution in [-0.2, 0) is 24.4 Å². The number of fused-ring (bicyclic) bond motifs is 1. The van der Waals surface area contributed by atoms with Crippen LogP contribution in [0.4, 0.5) is 26.3 Å². The zero-order chi connectivity index (χ0) is 32.1. The maximum Gasteiger partial charge on any atom is 0.416 e. The average molecular weight is 623 g/mol. The van der Waals surface area contributed by atoms with Crippen LogP contribution < -0.4 is 5.32 Å². The van der Waals surface area contributed by atoms with Gasteiger partial charge in [-0.1, -0.05) is 42.5 Å². The fourth-order valence-corrected chi connectivity index (χ4v) is 5.58. The molecule has 0 atom stereocenters. The Morgan fingerprint density at radius 1 is 0.800 bits per heavy atom. The van der Waals surface area contributed by atoms with Gasteiger partial charge in [-0.15, -0.1) is 0 Å². The Kier molecular flexibility index (Phi) is 7.22. The average Bonchev–Trinajstić information content (AvgIpc) is 3.67. The molecule has 1 aromatic heterocycles. The van der Waals surface area contributed by atoms with Gasteiger partial charge in [-0.25, -0.2) is 4.79 Å². The molecule has 1 aliphatic carbocycles. The van der Waals surface area contributed by atoms with Crippen molar-refractivity contribution in [2.45, 2.75) is 37.3 Å². The minimum atomic E-state index is -4.56. The third-order valence-corrected chi connectivity index (χ3v) is 8.09. The number of rotatable bonds is 7. The van der Waals surface area contributed by atoms with Gasteiger partial charge in [0, 0.05) is 18.1 Å². The van der Waals surface area contributed by atoms with Crippen molar-refractivity contribution in [3.05, 3.63) is 131 Å². The zero-order valence-corrected chi connectivity index (χ0v) is 23.3. The Labute approximate surface area is 252 Å². The number of carboxylic acid groups (broad SMARTS) is 1. The van der Waals surface area contributed by atoms with Crippen LogP contribution in [0.3, 0.4) is 0 Å². The van der Waals surface area contributed by atoms with Gasteiger partial charge in [-0.05, 0) is 83.6 Å². The zero-order valence-electron chi connectivity index (χ0n) is 23.3. The maximum absolute atomic E-state index is 13.9. The largest absolute Gasteiger partial charge is 0.478 e. The number of carboxylic acids is 1. The van der Waals surface area contributed by atoms with E-state index >= 15 is 0 Å². The van der Waals surface area contributed by atoms with Gasteiger partial charge in [0.1, 0.15) is 0 Å². The van der Waals surface area contributed by atoms with Crippen molar-refractivity contribution in [3.63, 3.8) is 0 Å². The summed E-state index contributed by atoms with van der Waals surface area (Å²) in [6.45, 7) is 0.0930. The Hall–Kier alpha value is -5.06. The number of hydrogen-bond donors (Lipinski definition) is 2. The Bertz CT molecular complexity index is 1920. The monoisotopic (exact) mass is 622 g/mol. The molecule has 1 heterocycles. The van der Waals surface area contributed by atoms with E-state index in [9.17, 15) is 41.0 Å². The van der Waals surface area contributed by atoms with E-state index in [1.165, 1.54) is 42.5 Å². The second-order valence-electron chi connectivity index (χ2n) is 11.1. The lowest BCUT2D eigenvalue weighted by Crippen LogP contribution is -2.35. The molecular formula is C34H24F6N2O3. The molecule has 11 heteroatoms. The van der Waals surface area contributed by atoms with E-state index in [4.69, 9.17) is 0 Å². The maximum atomic E-state index is 13.9. The number of aromatic carboxylic acids is 1. The van der Waals surface area contributed by atoms with Gasteiger partial charge in [-0.3, -0.25) is 4.79 Å². The fraction of sp³-hybridized carbons (Fsp3) is 0.176. The number of alkyl halides is 6. The molecule has 1 amide bonds. The number of nitrogens with zero attached hydrogens (tertiary/aromatic N) is 1. The van der Waals surface area contributed by atoms with Gasteiger partial charge in [0.15, 0.2) is 0 Å². The van der Waals surface area contributed by atoms with Crippen LogP contribution in [0.2, 0.25) is 0 Å². The van der Waals surface area contributed by atoms with E-state index in [0.29, 0.717) is 34.9 Å². The predicted molar refractivity (Wildman–Crippen MR) is 155 cm³/mol. The number of aromatic nitrogens is 1. The van der Waals surface area contributed by atoms with Crippen LogP contribution in [0.15, 0.2) is 97.2 Å². The summed E-state index contributed by atoms with van der Waals surface area (Å²) in [7, 11) is 0. The van der Waals surface area contributed by atoms with Crippen molar-refractivity contribution in [1.82, 2.24) is 9.88 Å². The molecule has 1 fully saturated rings. The highest BCUT2D eigenvalue weighted by atomic mass is 19.4. The van der Waals surface area contributed by atoms with E-state index < -0.39 is 40.9 Å². The molecule has 0 aliphatic heterocycles. The molecule has 0 radical (unpaired) electrons. The summed E-state index contributed by atoms with van der Waals surface area (Å²) in [4.78, 5) is 25.1. The summed E-state index contributed by atoms with van der Waals surface area (Å²) in [6, 6.07) is 20.4. The normalized spacial score (nSPS) is 14.4. The Morgan fingerprint density at radius 3 is 2.07 bits per heavy atom. The highest BCUT2D eigenvalue weighted by molar-refractivity contribution is 6.10. The van der Waals surface area contributed by atoms with Crippen LogP contribution >= 0.6 is 0 Å². The summed E-state index contributed by atoms with van der Waals surface area (Å²) in [6.07, 6.45) is -6.19. The quantitative estimate of drug-likeness (QED) is 0.179. The molecule has 6 rings (SSSR count). The molecule has 45 heavy (non-hydrogen) atoms. The molecule has 0 unspecified atom stereocenters. The fourth-order valence-electron chi connectivity index (χ4n) is 5.58. The lowest BCUT2D eigenvalue weighted by Gasteiger charge is -2.20. The summed E-state index contributed by atoms with van der Waals surface area (Å²) in [5.74, 6) is -1.53. The van der Waals surface area contributed by atoms with Gasteiger partial charge in [0.25, 0.3) is 5.91 Å². The number of benzene rings is 4. The molecular weight excluding hydrogens is 598 g/mol. The van der Waals surface area contributed by atoms with Crippen molar-refractivity contribution >= 4 is 22.8 Å². The summed E-state index contributed by atoms with van der Waals surface area (Å²) < 4.78 is 81.6. The first-order chi connectivity index (χ1) is 21.2. The van der Waals surface area contributed by atoms with Crippen molar-refractivity contribution < 1.29 is 41.0 Å². The van der Waals surface area contributed by atoms with E-state index in [2.05, 4.69) is 5.32 Å². The molecule has 0 bridgehead atoms. The van der Waals surface area contributed by atoms with Crippen LogP contribution in [0.1, 0.15) is 55.8 Å². The number of nitrogens with one attached hydrogen (secondary N) is 1. The van der Waals surface area contributed by atoms with Crippen molar-refractivity contribution in [1.29, 1.82) is 0 Å². The van der Waals surface area contributed by atoms with E-state index in [0.717, 1.165) is 29.8 Å². The van der Waals surface area contributed by atoms with Gasteiger partial charge in [-0.2, -0.15) is 26.3 Å². The SMILES string of the molecule is O=C(O)c1ccc(C2(NC(=O)c3ccc(-c4cccc(C(F)(F)F)c4)c4ccn(Cc5ccc(C(F)(F)F)cc5)c34)CC2)cc1. The molecule has 1 aliphatic rings. The standard InChI is InChI=1S/C34H24F6N2O3/c35-33(36,37)24-8-4-20(5-9-24)19-42-17-14-27-26(22-2-1-3-25(18-22)34(38,39)40)12-13-28(29(27)42)30(43)41-32(15-16-32)23-10-6-21(7-11-23)31(44)45/h1-14,17-18H,15-16,19H2,(H,41,43)(H,44,45). The second-order valence-corrected chi connectivity index (χ2v) is 11.1. The minimum absolute atomic E-state index is 0.0930. The van der Waals surface area contributed by atoms with Crippen LogP contribution in [-0.4, -0.2) is 21.6 Å². The predicted octanol–water partition coefficient (Wildman–Crippen LogP) is 8.51. The Morgan fingerprint density at radius 2 is 1.47 bits per heavy atom. The topological polar surface area (TPSA) is 71.3 Å². The van der Waals surface area contributed by atoms with Gasteiger partial charge in [0.05, 0.1) is 33.3 Å². The van der Waals surface area contributed by atoms with Gasteiger partial charge in [0.2, 0.25) is 0 Å². The first-order valence-corrected chi connectivity index (χ1v) is 13.9. The van der Waals surface area contributed by atoms with Crippen molar-refractivity contribution in [2.24, 2.45) is 0 Å². The van der Waals surface area contributed by atoms with Gasteiger partial charge >= 0.3 is 18.3 Å². The second kappa shape index (κ2) is 10.8. The third kappa shape index (κ3) is 5.90. The molecule has 4 aromatic carbocycles. The third-order valence-electron chi connectivity index (χ3n) is 8.09. The number of halogens is 6. The van der Waals surface area contributed by atoms with Crippen LogP contribution in [0, 0.1) is 0 Å². The highest BCUT2D eigenvalue weighted by Gasteiger charge is 2.46. The molecule has 0 spiro atoms. The Balaban J connectivity index is 1.41. The van der Waals surface area contributed by atoms with Crippen molar-refractivity contribution in [3.8, 4) is 11.1 Å². The summed E-state index contributed by atoms with van der Waals surface area (Å²) >= 11 is 0. The van der Waals surface area contributed by atoms with Crippen LogP contribution in [0.5, 0.6) is 0 Å². The molecule has 230 valence electrons. The first kappa shape index (κ1) is 30.0. The minimum Gasteiger partial charge on any atom is -0.478 e. The molecule has 5 nitrogen and oxygen atoms in total.